The Hall–Kier alpha value is -1.36. The van der Waals surface area contributed by atoms with Crippen molar-refractivity contribution in [2.24, 2.45) is 0 Å². The van der Waals surface area contributed by atoms with Gasteiger partial charge in [0.05, 0.1) is 11.0 Å². The smallest absolute Gasteiger partial charge is 0.284 e. The molecule has 1 rings (SSSR count). The maximum absolute atomic E-state index is 10.1. The van der Waals surface area contributed by atoms with Crippen molar-refractivity contribution in [2.75, 3.05) is 0 Å². The standard InChI is InChI=1S/C5H4ClN2O3/c6-5-3-4(8(10)11)1-2-7(5)9/h1-3,9H/q+1. The number of aromatic nitrogens is 1. The van der Waals surface area contributed by atoms with Crippen molar-refractivity contribution < 1.29 is 14.9 Å². The van der Waals surface area contributed by atoms with Crippen LogP contribution in [0.1, 0.15) is 0 Å². The monoisotopic (exact) mass is 175 g/mol. The lowest BCUT2D eigenvalue weighted by Crippen LogP contribution is -2.30. The maximum Gasteiger partial charge on any atom is 0.331 e. The summed E-state index contributed by atoms with van der Waals surface area (Å²) in [6.07, 6.45) is 1.10. The van der Waals surface area contributed by atoms with Crippen LogP contribution >= 0.6 is 11.6 Å². The molecular formula is C5H4ClN2O3+. The van der Waals surface area contributed by atoms with Crippen LogP contribution in [0.25, 0.3) is 0 Å². The number of hydrogen-bond acceptors (Lipinski definition) is 3. The van der Waals surface area contributed by atoms with Crippen LogP contribution in [-0.4, -0.2) is 10.1 Å². The molecule has 0 spiro atoms. The van der Waals surface area contributed by atoms with E-state index in [4.69, 9.17) is 16.8 Å². The van der Waals surface area contributed by atoms with Gasteiger partial charge in [-0.1, -0.05) is 0 Å². The molecule has 11 heavy (non-hydrogen) atoms. The normalized spacial score (nSPS) is 9.55. The SMILES string of the molecule is O=[N+]([O-])c1cc[n+](O)c(Cl)c1. The second-order valence-corrected chi connectivity index (χ2v) is 2.20. The molecule has 1 aromatic rings. The van der Waals surface area contributed by atoms with E-state index in [9.17, 15) is 10.1 Å². The van der Waals surface area contributed by atoms with Crippen molar-refractivity contribution in [2.45, 2.75) is 0 Å². The van der Waals surface area contributed by atoms with Crippen molar-refractivity contribution >= 4 is 17.3 Å². The molecule has 0 unspecified atom stereocenters. The molecule has 0 bridgehead atoms. The van der Waals surface area contributed by atoms with Gasteiger partial charge in [0, 0.05) is 4.73 Å². The van der Waals surface area contributed by atoms with Gasteiger partial charge in [-0.15, -0.1) is 0 Å². The van der Waals surface area contributed by atoms with Crippen molar-refractivity contribution in [1.29, 1.82) is 0 Å². The van der Waals surface area contributed by atoms with Crippen molar-refractivity contribution in [1.82, 2.24) is 0 Å². The fourth-order valence-electron chi connectivity index (χ4n) is 0.568. The Balaban J connectivity index is 3.15. The summed E-state index contributed by atoms with van der Waals surface area (Å²) in [6, 6.07) is 2.20. The molecule has 58 valence electrons. The number of nitro groups is 1. The van der Waals surface area contributed by atoms with Crippen molar-refractivity contribution in [3.05, 3.63) is 33.6 Å². The second-order valence-electron chi connectivity index (χ2n) is 1.81. The van der Waals surface area contributed by atoms with Crippen LogP contribution in [0.2, 0.25) is 5.15 Å². The van der Waals surface area contributed by atoms with Gasteiger partial charge in [-0.2, -0.15) is 0 Å². The van der Waals surface area contributed by atoms with E-state index in [-0.39, 0.29) is 10.8 Å². The first-order valence-electron chi connectivity index (χ1n) is 2.66. The summed E-state index contributed by atoms with van der Waals surface area (Å²) < 4.78 is 0.592. The van der Waals surface area contributed by atoms with Crippen LogP contribution in [0.4, 0.5) is 5.69 Å². The van der Waals surface area contributed by atoms with Gasteiger partial charge in [0.25, 0.3) is 5.69 Å². The number of nitrogens with zero attached hydrogens (tertiary/aromatic N) is 2. The quantitative estimate of drug-likeness (QED) is 0.225. The van der Waals surface area contributed by atoms with Crippen LogP contribution in [0.3, 0.4) is 0 Å². The Morgan fingerprint density at radius 2 is 2.36 bits per heavy atom. The van der Waals surface area contributed by atoms with Gasteiger partial charge < -0.3 is 0 Å². The van der Waals surface area contributed by atoms with Gasteiger partial charge in [0.1, 0.15) is 6.07 Å². The van der Waals surface area contributed by atoms with Gasteiger partial charge in [0.2, 0.25) is 6.20 Å². The largest absolute Gasteiger partial charge is 0.331 e. The summed E-state index contributed by atoms with van der Waals surface area (Å²) in [5, 5.41) is 18.8. The van der Waals surface area contributed by atoms with Crippen LogP contribution < -0.4 is 4.73 Å². The molecule has 0 saturated carbocycles. The van der Waals surface area contributed by atoms with Gasteiger partial charge in [-0.3, -0.25) is 15.3 Å². The molecule has 1 heterocycles. The first-order valence-corrected chi connectivity index (χ1v) is 3.04. The lowest BCUT2D eigenvalue weighted by atomic mass is 10.4. The van der Waals surface area contributed by atoms with E-state index in [0.29, 0.717) is 4.73 Å². The molecule has 0 aliphatic carbocycles. The number of rotatable bonds is 1. The third kappa shape index (κ3) is 1.56. The van der Waals surface area contributed by atoms with Crippen LogP contribution in [-0.2, 0) is 0 Å². The molecular weight excluding hydrogens is 172 g/mol. The molecule has 0 radical (unpaired) electrons. The summed E-state index contributed by atoms with van der Waals surface area (Å²) in [4.78, 5) is 9.53. The molecule has 5 nitrogen and oxygen atoms in total. The van der Waals surface area contributed by atoms with Crippen LogP contribution in [0, 0.1) is 10.1 Å². The minimum absolute atomic E-state index is 0.0980. The highest BCUT2D eigenvalue weighted by Gasteiger charge is 2.14. The predicted molar refractivity (Wildman–Crippen MR) is 35.5 cm³/mol. The highest BCUT2D eigenvalue weighted by molar-refractivity contribution is 6.28. The molecule has 6 heteroatoms. The summed E-state index contributed by atoms with van der Waals surface area (Å²) >= 11 is 5.37. The zero-order valence-corrected chi connectivity index (χ0v) is 6.02. The first kappa shape index (κ1) is 7.74. The lowest BCUT2D eigenvalue weighted by Gasteiger charge is -1.87. The zero-order valence-electron chi connectivity index (χ0n) is 5.27. The Kier molecular flexibility index (Phi) is 1.91. The zero-order chi connectivity index (χ0) is 8.43. The average molecular weight is 176 g/mol. The van der Waals surface area contributed by atoms with Gasteiger partial charge in [0.15, 0.2) is 0 Å². The summed E-state index contributed by atoms with van der Waals surface area (Å²) in [7, 11) is 0. The van der Waals surface area contributed by atoms with E-state index in [1.807, 2.05) is 0 Å². The highest BCUT2D eigenvalue weighted by Crippen LogP contribution is 2.11. The summed E-state index contributed by atoms with van der Waals surface area (Å²) in [5.41, 5.74) is -0.152. The van der Waals surface area contributed by atoms with E-state index in [2.05, 4.69) is 0 Å². The molecule has 0 aliphatic heterocycles. The second kappa shape index (κ2) is 2.71. The van der Waals surface area contributed by atoms with E-state index in [0.717, 1.165) is 18.3 Å². The number of pyridine rings is 1. The Morgan fingerprint density at radius 3 is 2.82 bits per heavy atom. The Bertz CT molecular complexity index is 302. The fraction of sp³-hybridized carbons (Fsp3) is 0. The third-order valence-corrected chi connectivity index (χ3v) is 1.37. The highest BCUT2D eigenvalue weighted by atomic mass is 35.5. The molecule has 0 aromatic carbocycles. The molecule has 0 aliphatic rings. The topological polar surface area (TPSA) is 67.2 Å². The number of halogens is 1. The third-order valence-electron chi connectivity index (χ3n) is 1.08. The average Bonchev–Trinajstić information content (AvgIpc) is 1.94. The van der Waals surface area contributed by atoms with E-state index in [1.54, 1.807) is 0 Å². The first-order chi connectivity index (χ1) is 5.11. The van der Waals surface area contributed by atoms with E-state index in [1.165, 1.54) is 0 Å². The maximum atomic E-state index is 10.1. The molecule has 0 amide bonds. The minimum atomic E-state index is -0.591. The van der Waals surface area contributed by atoms with Crippen LogP contribution in [0.5, 0.6) is 0 Å². The number of hydrogen-bond donors (Lipinski definition) is 1. The van der Waals surface area contributed by atoms with E-state index >= 15 is 0 Å². The van der Waals surface area contributed by atoms with Gasteiger partial charge in [-0.25, -0.2) is 0 Å². The van der Waals surface area contributed by atoms with Crippen molar-refractivity contribution in [3.63, 3.8) is 0 Å². The lowest BCUT2D eigenvalue weighted by molar-refractivity contribution is -0.903. The molecule has 1 aromatic heterocycles. The van der Waals surface area contributed by atoms with Crippen molar-refractivity contribution in [3.8, 4) is 0 Å². The van der Waals surface area contributed by atoms with Gasteiger partial charge in [-0.05, 0) is 11.6 Å². The van der Waals surface area contributed by atoms with E-state index < -0.39 is 4.92 Å². The summed E-state index contributed by atoms with van der Waals surface area (Å²) in [5.74, 6) is 0. The fourth-order valence-corrected chi connectivity index (χ4v) is 0.736. The molecule has 0 saturated heterocycles. The van der Waals surface area contributed by atoms with Crippen LogP contribution in [0.15, 0.2) is 18.3 Å². The summed E-state index contributed by atoms with van der Waals surface area (Å²) in [6.45, 7) is 0. The Morgan fingerprint density at radius 1 is 1.73 bits per heavy atom. The minimum Gasteiger partial charge on any atom is -0.284 e. The molecule has 0 atom stereocenters. The van der Waals surface area contributed by atoms with Gasteiger partial charge >= 0.3 is 5.15 Å². The molecule has 1 N–H and O–H groups in total. The predicted octanol–water partition coefficient (Wildman–Crippen LogP) is 0.773. The Labute approximate surface area is 66.6 Å². The molecule has 0 fully saturated rings.